The minimum absolute atomic E-state index is 0.0683. The molecule has 0 saturated heterocycles. The second kappa shape index (κ2) is 9.77. The molecule has 1 aromatic heterocycles. The van der Waals surface area contributed by atoms with Crippen LogP contribution in [0.5, 0.6) is 5.75 Å². The summed E-state index contributed by atoms with van der Waals surface area (Å²) in [7, 11) is 3.83. The van der Waals surface area contributed by atoms with Gasteiger partial charge >= 0.3 is 0 Å². The van der Waals surface area contributed by atoms with Crippen LogP contribution >= 0.6 is 11.6 Å². The maximum Gasteiger partial charge on any atom is 0.151 e. The SMILES string of the molecule is COc1ccc(CN[C@@]2(C)CCC[C@H](C)C[C@@H](N(C)c3ccc(Cl)nn3)C2)cc1. The lowest BCUT2D eigenvalue weighted by Crippen LogP contribution is -2.49. The van der Waals surface area contributed by atoms with Gasteiger partial charge in [-0.25, -0.2) is 0 Å². The lowest BCUT2D eigenvalue weighted by molar-refractivity contribution is 0.227. The van der Waals surface area contributed by atoms with E-state index in [1.54, 1.807) is 7.11 Å². The molecule has 1 heterocycles. The van der Waals surface area contributed by atoms with E-state index in [0.717, 1.165) is 31.0 Å². The Morgan fingerprint density at radius 2 is 1.97 bits per heavy atom. The van der Waals surface area contributed by atoms with Crippen LogP contribution in [0.4, 0.5) is 5.82 Å². The summed E-state index contributed by atoms with van der Waals surface area (Å²) in [5, 5.41) is 12.6. The Labute approximate surface area is 179 Å². The monoisotopic (exact) mass is 416 g/mol. The van der Waals surface area contributed by atoms with Crippen molar-refractivity contribution >= 4 is 17.4 Å². The fourth-order valence-corrected chi connectivity index (χ4v) is 4.43. The lowest BCUT2D eigenvalue weighted by Gasteiger charge is -2.41. The van der Waals surface area contributed by atoms with Gasteiger partial charge in [-0.15, -0.1) is 10.2 Å². The van der Waals surface area contributed by atoms with Crippen molar-refractivity contribution in [2.45, 2.75) is 64.1 Å². The first-order valence-corrected chi connectivity index (χ1v) is 10.9. The number of methoxy groups -OCH3 is 1. The molecular formula is C23H33ClN4O. The molecule has 1 fully saturated rings. The van der Waals surface area contributed by atoms with Crippen LogP contribution in [0.25, 0.3) is 0 Å². The standard InChI is InChI=1S/C23H33ClN4O/c1-17-6-5-13-23(2,25-16-18-7-9-20(29-4)10-8-18)15-19(14-17)28(3)22-12-11-21(24)26-27-22/h7-12,17,19,25H,5-6,13-16H2,1-4H3/t17-,19+,23-/m0/s1. The van der Waals surface area contributed by atoms with Gasteiger partial charge in [0, 0.05) is 25.2 Å². The molecule has 3 rings (SSSR count). The smallest absolute Gasteiger partial charge is 0.151 e. The second-order valence-corrected chi connectivity index (χ2v) is 9.07. The summed E-state index contributed by atoms with van der Waals surface area (Å²) in [4.78, 5) is 2.28. The zero-order chi connectivity index (χ0) is 20.9. The number of hydrogen-bond donors (Lipinski definition) is 1. The van der Waals surface area contributed by atoms with E-state index >= 15 is 0 Å². The summed E-state index contributed by atoms with van der Waals surface area (Å²) in [5.41, 5.74) is 1.34. The summed E-state index contributed by atoms with van der Waals surface area (Å²) >= 11 is 5.93. The van der Waals surface area contributed by atoms with Crippen molar-refractivity contribution in [1.29, 1.82) is 0 Å². The number of nitrogens with zero attached hydrogens (tertiary/aromatic N) is 3. The highest BCUT2D eigenvalue weighted by atomic mass is 35.5. The van der Waals surface area contributed by atoms with Gasteiger partial charge in [0.15, 0.2) is 11.0 Å². The van der Waals surface area contributed by atoms with Crippen molar-refractivity contribution in [1.82, 2.24) is 15.5 Å². The van der Waals surface area contributed by atoms with Gasteiger partial charge in [-0.05, 0) is 61.9 Å². The van der Waals surface area contributed by atoms with Crippen molar-refractivity contribution in [3.8, 4) is 5.75 Å². The number of benzene rings is 1. The van der Waals surface area contributed by atoms with Crippen molar-refractivity contribution in [3.63, 3.8) is 0 Å². The Bertz CT molecular complexity index is 767. The first kappa shape index (κ1) is 21.8. The average Bonchev–Trinajstić information content (AvgIpc) is 2.71. The van der Waals surface area contributed by atoms with Crippen LogP contribution in [0.2, 0.25) is 5.15 Å². The molecule has 29 heavy (non-hydrogen) atoms. The molecule has 3 atom stereocenters. The van der Waals surface area contributed by atoms with Crippen LogP contribution in [0.3, 0.4) is 0 Å². The highest BCUT2D eigenvalue weighted by Crippen LogP contribution is 2.33. The predicted octanol–water partition coefficient (Wildman–Crippen LogP) is 5.09. The maximum absolute atomic E-state index is 5.93. The summed E-state index contributed by atoms with van der Waals surface area (Å²) in [6.07, 6.45) is 5.90. The number of halogens is 1. The Kier molecular flexibility index (Phi) is 7.36. The van der Waals surface area contributed by atoms with E-state index in [1.807, 2.05) is 24.3 Å². The minimum atomic E-state index is 0.0683. The third-order valence-electron chi connectivity index (χ3n) is 6.19. The topological polar surface area (TPSA) is 50.3 Å². The van der Waals surface area contributed by atoms with E-state index in [4.69, 9.17) is 16.3 Å². The summed E-state index contributed by atoms with van der Waals surface area (Å²) in [6.45, 7) is 5.58. The van der Waals surface area contributed by atoms with Gasteiger partial charge < -0.3 is 15.0 Å². The van der Waals surface area contributed by atoms with E-state index in [-0.39, 0.29) is 5.54 Å². The Balaban J connectivity index is 1.71. The second-order valence-electron chi connectivity index (χ2n) is 8.68. The van der Waals surface area contributed by atoms with Crippen LogP contribution in [-0.2, 0) is 6.54 Å². The van der Waals surface area contributed by atoms with Crippen LogP contribution in [0.15, 0.2) is 36.4 Å². The average molecular weight is 417 g/mol. The Morgan fingerprint density at radius 3 is 2.62 bits per heavy atom. The predicted molar refractivity (Wildman–Crippen MR) is 120 cm³/mol. The first-order valence-electron chi connectivity index (χ1n) is 10.5. The van der Waals surface area contributed by atoms with E-state index in [9.17, 15) is 0 Å². The van der Waals surface area contributed by atoms with Crippen LogP contribution in [0.1, 0.15) is 51.5 Å². The molecule has 1 saturated carbocycles. The number of nitrogens with one attached hydrogen (secondary N) is 1. The van der Waals surface area contributed by atoms with Crippen molar-refractivity contribution in [3.05, 3.63) is 47.1 Å². The third-order valence-corrected chi connectivity index (χ3v) is 6.39. The molecule has 0 spiro atoms. The fourth-order valence-electron chi connectivity index (χ4n) is 4.33. The third kappa shape index (κ3) is 6.06. The highest BCUT2D eigenvalue weighted by molar-refractivity contribution is 6.29. The molecule has 0 aliphatic heterocycles. The van der Waals surface area contributed by atoms with Crippen LogP contribution in [-0.4, -0.2) is 35.9 Å². The Morgan fingerprint density at radius 1 is 1.21 bits per heavy atom. The molecule has 1 aliphatic carbocycles. The molecule has 5 nitrogen and oxygen atoms in total. The largest absolute Gasteiger partial charge is 0.497 e. The number of rotatable bonds is 6. The van der Waals surface area contributed by atoms with Gasteiger partial charge in [0.05, 0.1) is 7.11 Å². The van der Waals surface area contributed by atoms with Gasteiger partial charge in [-0.2, -0.15) is 0 Å². The Hall–Kier alpha value is -1.85. The number of ether oxygens (including phenoxy) is 1. The zero-order valence-corrected chi connectivity index (χ0v) is 18.7. The van der Waals surface area contributed by atoms with E-state index in [1.165, 1.54) is 24.8 Å². The molecule has 1 aliphatic rings. The lowest BCUT2D eigenvalue weighted by atomic mass is 9.79. The van der Waals surface area contributed by atoms with Gasteiger partial charge in [-0.1, -0.05) is 43.5 Å². The van der Waals surface area contributed by atoms with Crippen molar-refractivity contribution in [2.75, 3.05) is 19.1 Å². The first-order chi connectivity index (χ1) is 13.9. The van der Waals surface area contributed by atoms with E-state index < -0.39 is 0 Å². The number of hydrogen-bond acceptors (Lipinski definition) is 5. The molecule has 0 unspecified atom stereocenters. The molecule has 6 heteroatoms. The van der Waals surface area contributed by atoms with Gasteiger partial charge in [0.25, 0.3) is 0 Å². The zero-order valence-electron chi connectivity index (χ0n) is 18.0. The highest BCUT2D eigenvalue weighted by Gasteiger charge is 2.33. The maximum atomic E-state index is 5.93. The fraction of sp³-hybridized carbons (Fsp3) is 0.565. The van der Waals surface area contributed by atoms with Crippen LogP contribution in [0, 0.1) is 5.92 Å². The van der Waals surface area contributed by atoms with Crippen molar-refractivity contribution < 1.29 is 4.74 Å². The molecule has 0 radical (unpaired) electrons. The molecule has 0 amide bonds. The quantitative estimate of drug-likeness (QED) is 0.710. The number of aromatic nitrogens is 2. The number of anilines is 1. The summed E-state index contributed by atoms with van der Waals surface area (Å²) in [5.74, 6) is 2.48. The van der Waals surface area contributed by atoms with Gasteiger partial charge in [-0.3, -0.25) is 0 Å². The van der Waals surface area contributed by atoms with E-state index in [0.29, 0.717) is 17.1 Å². The molecule has 1 N–H and O–H groups in total. The molecule has 158 valence electrons. The summed E-state index contributed by atoms with van der Waals surface area (Å²) < 4.78 is 5.27. The van der Waals surface area contributed by atoms with Gasteiger partial charge in [0.1, 0.15) is 5.75 Å². The van der Waals surface area contributed by atoms with Crippen LogP contribution < -0.4 is 15.0 Å². The molecular weight excluding hydrogens is 384 g/mol. The molecule has 2 aromatic rings. The minimum Gasteiger partial charge on any atom is -0.497 e. The normalized spacial score (nSPS) is 25.1. The van der Waals surface area contributed by atoms with Gasteiger partial charge in [0.2, 0.25) is 0 Å². The molecule has 0 bridgehead atoms. The van der Waals surface area contributed by atoms with E-state index in [2.05, 4.69) is 53.4 Å². The summed E-state index contributed by atoms with van der Waals surface area (Å²) in [6, 6.07) is 12.5. The van der Waals surface area contributed by atoms with Crippen molar-refractivity contribution in [2.24, 2.45) is 5.92 Å². The molecule has 1 aromatic carbocycles.